The van der Waals surface area contributed by atoms with Crippen molar-refractivity contribution in [1.82, 2.24) is 20.4 Å². The van der Waals surface area contributed by atoms with Crippen molar-refractivity contribution in [3.8, 4) is 21.1 Å². The van der Waals surface area contributed by atoms with Crippen LogP contribution in [0.15, 0.2) is 53.9 Å². The largest absolute Gasteiger partial charge is 0.352 e. The number of hydrogen-bond donors (Lipinski definition) is 0. The Bertz CT molecular complexity index is 1190. The van der Waals surface area contributed by atoms with Gasteiger partial charge in [0.15, 0.2) is 10.8 Å². The van der Waals surface area contributed by atoms with Crippen molar-refractivity contribution in [3.63, 3.8) is 0 Å². The standard InChI is InChI=1S/C20H17N7O2S2/c28-27(29)15-4-1-3-14(13-15)16-6-7-18(22-21-16)25-8-10-26(11-9-25)20-24-23-19(31-20)17-5-2-12-30-17/h1-7,12-13H,8-11H2. The quantitative estimate of drug-likeness (QED) is 0.332. The van der Waals surface area contributed by atoms with Crippen LogP contribution in [0.4, 0.5) is 16.6 Å². The highest BCUT2D eigenvalue weighted by Gasteiger charge is 2.22. The molecule has 0 saturated carbocycles. The summed E-state index contributed by atoms with van der Waals surface area (Å²) in [5.74, 6) is 0.797. The first-order chi connectivity index (χ1) is 15.2. The van der Waals surface area contributed by atoms with Crippen LogP contribution in [0.5, 0.6) is 0 Å². The number of nitro benzene ring substituents is 1. The summed E-state index contributed by atoms with van der Waals surface area (Å²) in [6.07, 6.45) is 0. The first-order valence-corrected chi connectivity index (χ1v) is 11.3. The van der Waals surface area contributed by atoms with Gasteiger partial charge in [-0.15, -0.1) is 31.7 Å². The second-order valence-corrected chi connectivity index (χ2v) is 8.83. The Morgan fingerprint density at radius 1 is 0.903 bits per heavy atom. The Kier molecular flexibility index (Phi) is 5.26. The fourth-order valence-electron chi connectivity index (χ4n) is 3.40. The van der Waals surface area contributed by atoms with Crippen LogP contribution >= 0.6 is 22.7 Å². The Hall–Kier alpha value is -3.44. The van der Waals surface area contributed by atoms with E-state index in [9.17, 15) is 10.1 Å². The Morgan fingerprint density at radius 2 is 1.74 bits per heavy atom. The van der Waals surface area contributed by atoms with E-state index in [0.717, 1.165) is 47.0 Å². The minimum atomic E-state index is -0.411. The second kappa shape index (κ2) is 8.36. The molecule has 0 atom stereocenters. The summed E-state index contributed by atoms with van der Waals surface area (Å²) in [6, 6.07) is 14.3. The number of non-ortho nitro benzene ring substituents is 1. The number of benzene rings is 1. The lowest BCUT2D eigenvalue weighted by atomic mass is 10.1. The van der Waals surface area contributed by atoms with E-state index in [-0.39, 0.29) is 5.69 Å². The van der Waals surface area contributed by atoms with Crippen molar-refractivity contribution in [2.45, 2.75) is 0 Å². The van der Waals surface area contributed by atoms with Gasteiger partial charge in [0.2, 0.25) is 5.13 Å². The molecular formula is C20H17N7O2S2. The maximum atomic E-state index is 11.0. The molecule has 0 unspecified atom stereocenters. The highest BCUT2D eigenvalue weighted by molar-refractivity contribution is 7.22. The summed E-state index contributed by atoms with van der Waals surface area (Å²) >= 11 is 3.28. The lowest BCUT2D eigenvalue weighted by Crippen LogP contribution is -2.46. The summed E-state index contributed by atoms with van der Waals surface area (Å²) in [4.78, 5) is 16.1. The minimum Gasteiger partial charge on any atom is -0.352 e. The van der Waals surface area contributed by atoms with Crippen LogP contribution in [-0.4, -0.2) is 51.5 Å². The van der Waals surface area contributed by atoms with E-state index >= 15 is 0 Å². The molecule has 0 radical (unpaired) electrons. The fraction of sp³-hybridized carbons (Fsp3) is 0.200. The third kappa shape index (κ3) is 4.09. The highest BCUT2D eigenvalue weighted by atomic mass is 32.1. The third-order valence-corrected chi connectivity index (χ3v) is 7.05. The van der Waals surface area contributed by atoms with Gasteiger partial charge >= 0.3 is 0 Å². The van der Waals surface area contributed by atoms with Gasteiger partial charge in [-0.2, -0.15) is 0 Å². The molecule has 1 saturated heterocycles. The van der Waals surface area contributed by atoms with Gasteiger partial charge in [-0.3, -0.25) is 10.1 Å². The van der Waals surface area contributed by atoms with Crippen molar-refractivity contribution in [1.29, 1.82) is 0 Å². The van der Waals surface area contributed by atoms with E-state index in [1.807, 2.05) is 23.6 Å². The lowest BCUT2D eigenvalue weighted by molar-refractivity contribution is -0.384. The summed E-state index contributed by atoms with van der Waals surface area (Å²) in [6.45, 7) is 3.26. The van der Waals surface area contributed by atoms with E-state index in [1.165, 1.54) is 12.1 Å². The smallest absolute Gasteiger partial charge is 0.270 e. The van der Waals surface area contributed by atoms with Crippen molar-refractivity contribution in [2.75, 3.05) is 36.0 Å². The summed E-state index contributed by atoms with van der Waals surface area (Å²) in [5, 5.41) is 32.3. The minimum absolute atomic E-state index is 0.0402. The number of rotatable bonds is 5. The molecule has 1 aliphatic heterocycles. The maximum absolute atomic E-state index is 11.0. The van der Waals surface area contributed by atoms with Crippen LogP contribution in [-0.2, 0) is 0 Å². The first-order valence-electron chi connectivity index (χ1n) is 9.63. The molecule has 1 aliphatic rings. The average Bonchev–Trinajstić information content (AvgIpc) is 3.52. The molecule has 1 fully saturated rings. The Morgan fingerprint density at radius 3 is 2.45 bits per heavy atom. The van der Waals surface area contributed by atoms with Crippen LogP contribution in [0.2, 0.25) is 0 Å². The summed E-state index contributed by atoms with van der Waals surface area (Å²) in [5.41, 5.74) is 1.33. The molecule has 0 aliphatic carbocycles. The zero-order valence-electron chi connectivity index (χ0n) is 16.3. The molecule has 0 bridgehead atoms. The van der Waals surface area contributed by atoms with Crippen molar-refractivity contribution >= 4 is 39.3 Å². The van der Waals surface area contributed by atoms with Gasteiger partial charge in [-0.05, 0) is 23.6 Å². The molecule has 1 aromatic carbocycles. The molecule has 5 rings (SSSR count). The van der Waals surface area contributed by atoms with Gasteiger partial charge in [0.1, 0.15) is 0 Å². The number of aromatic nitrogens is 4. The van der Waals surface area contributed by atoms with Gasteiger partial charge in [0, 0.05) is 43.9 Å². The second-order valence-electron chi connectivity index (χ2n) is 6.93. The van der Waals surface area contributed by atoms with Gasteiger partial charge in [0.05, 0.1) is 15.5 Å². The highest BCUT2D eigenvalue weighted by Crippen LogP contribution is 2.32. The van der Waals surface area contributed by atoms with Gasteiger partial charge in [-0.25, -0.2) is 0 Å². The molecule has 31 heavy (non-hydrogen) atoms. The zero-order valence-corrected chi connectivity index (χ0v) is 17.9. The SMILES string of the molecule is O=[N+]([O-])c1cccc(-c2ccc(N3CCN(c4nnc(-c5cccs5)s4)CC3)nn2)c1. The topological polar surface area (TPSA) is 101 Å². The van der Waals surface area contributed by atoms with Crippen LogP contribution in [0.1, 0.15) is 0 Å². The molecule has 0 spiro atoms. The number of piperazine rings is 1. The number of anilines is 2. The number of thiophene rings is 1. The van der Waals surface area contributed by atoms with Crippen LogP contribution in [0.25, 0.3) is 21.1 Å². The molecule has 0 N–H and O–H groups in total. The molecule has 3 aromatic heterocycles. The van der Waals surface area contributed by atoms with Gasteiger partial charge < -0.3 is 9.80 Å². The Balaban J connectivity index is 1.24. The van der Waals surface area contributed by atoms with Gasteiger partial charge in [-0.1, -0.05) is 29.5 Å². The molecule has 4 aromatic rings. The zero-order chi connectivity index (χ0) is 21.2. The predicted molar refractivity (Wildman–Crippen MR) is 122 cm³/mol. The Labute approximate surface area is 185 Å². The van der Waals surface area contributed by atoms with Crippen molar-refractivity contribution in [2.24, 2.45) is 0 Å². The monoisotopic (exact) mass is 451 g/mol. The van der Waals surface area contributed by atoms with E-state index in [0.29, 0.717) is 11.3 Å². The molecule has 0 amide bonds. The molecule has 11 heteroatoms. The molecule has 4 heterocycles. The molecule has 9 nitrogen and oxygen atoms in total. The average molecular weight is 452 g/mol. The summed E-state index contributed by atoms with van der Waals surface area (Å²) < 4.78 is 0. The number of hydrogen-bond acceptors (Lipinski definition) is 10. The van der Waals surface area contributed by atoms with E-state index in [1.54, 1.807) is 34.8 Å². The predicted octanol–water partition coefficient (Wildman–Crippen LogP) is 3.96. The third-order valence-electron chi connectivity index (χ3n) is 5.02. The van der Waals surface area contributed by atoms with Crippen molar-refractivity contribution in [3.05, 3.63) is 64.0 Å². The molecular weight excluding hydrogens is 434 g/mol. The number of nitro groups is 1. The van der Waals surface area contributed by atoms with E-state index in [4.69, 9.17) is 0 Å². The normalized spacial score (nSPS) is 14.1. The van der Waals surface area contributed by atoms with Crippen LogP contribution < -0.4 is 9.80 Å². The van der Waals surface area contributed by atoms with Crippen LogP contribution in [0.3, 0.4) is 0 Å². The van der Waals surface area contributed by atoms with Crippen molar-refractivity contribution < 1.29 is 4.92 Å². The first kappa shape index (κ1) is 19.5. The molecule has 156 valence electrons. The fourth-order valence-corrected chi connectivity index (χ4v) is 5.08. The maximum Gasteiger partial charge on any atom is 0.270 e. The lowest BCUT2D eigenvalue weighted by Gasteiger charge is -2.34. The number of nitrogens with zero attached hydrogens (tertiary/aromatic N) is 7. The van der Waals surface area contributed by atoms with E-state index in [2.05, 4.69) is 36.3 Å². The van der Waals surface area contributed by atoms with Gasteiger partial charge in [0.25, 0.3) is 5.69 Å². The van der Waals surface area contributed by atoms with E-state index < -0.39 is 4.92 Å². The summed E-state index contributed by atoms with van der Waals surface area (Å²) in [7, 11) is 0. The van der Waals surface area contributed by atoms with Crippen LogP contribution in [0, 0.1) is 10.1 Å².